The van der Waals surface area contributed by atoms with Crippen molar-refractivity contribution in [1.29, 1.82) is 5.26 Å². The van der Waals surface area contributed by atoms with E-state index < -0.39 is 0 Å². The summed E-state index contributed by atoms with van der Waals surface area (Å²) in [4.78, 5) is 0. The van der Waals surface area contributed by atoms with Gasteiger partial charge in [-0.25, -0.2) is 0 Å². The maximum Gasteiger partial charge on any atom is 0.179 e. The zero-order chi connectivity index (χ0) is 14.1. The minimum absolute atomic E-state index is 0.531. The molecule has 0 saturated heterocycles. The monoisotopic (exact) mass is 282 g/mol. The van der Waals surface area contributed by atoms with Crippen LogP contribution in [-0.4, -0.2) is 20.8 Å². The van der Waals surface area contributed by atoms with Crippen LogP contribution in [0.2, 0.25) is 5.02 Å². The van der Waals surface area contributed by atoms with Crippen molar-refractivity contribution in [3.05, 3.63) is 22.7 Å². The SMILES string of the molecule is CNCc1cc(Cl)c(OCCCCC#N)c(OC)c1. The molecule has 0 amide bonds. The summed E-state index contributed by atoms with van der Waals surface area (Å²) in [6.07, 6.45) is 2.20. The molecule has 1 rings (SSSR count). The van der Waals surface area contributed by atoms with E-state index in [1.807, 2.05) is 19.2 Å². The van der Waals surface area contributed by atoms with Crippen LogP contribution in [0.25, 0.3) is 0 Å². The lowest BCUT2D eigenvalue weighted by molar-refractivity contribution is 0.287. The molecule has 0 bridgehead atoms. The fourth-order valence-electron chi connectivity index (χ4n) is 1.70. The number of nitrogens with zero attached hydrogens (tertiary/aromatic N) is 1. The molecule has 5 heteroatoms. The molecule has 4 nitrogen and oxygen atoms in total. The lowest BCUT2D eigenvalue weighted by atomic mass is 10.2. The van der Waals surface area contributed by atoms with Crippen LogP contribution in [0.15, 0.2) is 12.1 Å². The molecule has 0 saturated carbocycles. The number of ether oxygens (including phenoxy) is 2. The molecule has 19 heavy (non-hydrogen) atoms. The Kier molecular flexibility index (Phi) is 7.09. The normalized spacial score (nSPS) is 10.0. The Morgan fingerprint density at radius 1 is 1.37 bits per heavy atom. The third-order valence-corrected chi connectivity index (χ3v) is 2.88. The number of nitrogens with one attached hydrogen (secondary N) is 1. The highest BCUT2D eigenvalue weighted by Crippen LogP contribution is 2.36. The minimum Gasteiger partial charge on any atom is -0.493 e. The van der Waals surface area contributed by atoms with E-state index >= 15 is 0 Å². The lowest BCUT2D eigenvalue weighted by Crippen LogP contribution is -2.06. The average molecular weight is 283 g/mol. The summed E-state index contributed by atoms with van der Waals surface area (Å²) in [5, 5.41) is 12.1. The van der Waals surface area contributed by atoms with Gasteiger partial charge in [0, 0.05) is 13.0 Å². The third-order valence-electron chi connectivity index (χ3n) is 2.60. The number of unbranched alkanes of at least 4 members (excludes halogenated alkanes) is 2. The summed E-state index contributed by atoms with van der Waals surface area (Å²) in [6, 6.07) is 5.88. The van der Waals surface area contributed by atoms with Crippen LogP contribution in [0.3, 0.4) is 0 Å². The Bertz CT molecular complexity index is 444. The molecule has 0 aromatic heterocycles. The van der Waals surface area contributed by atoms with Crippen LogP contribution in [0.4, 0.5) is 0 Å². The van der Waals surface area contributed by atoms with Crippen LogP contribution in [0.1, 0.15) is 24.8 Å². The van der Waals surface area contributed by atoms with Crippen molar-refractivity contribution < 1.29 is 9.47 Å². The molecule has 0 aliphatic rings. The predicted octanol–water partition coefficient (Wildman–Crippen LogP) is 3.14. The van der Waals surface area contributed by atoms with Crippen LogP contribution in [-0.2, 0) is 6.54 Å². The van der Waals surface area contributed by atoms with Crippen LogP contribution < -0.4 is 14.8 Å². The van der Waals surface area contributed by atoms with Gasteiger partial charge >= 0.3 is 0 Å². The Morgan fingerprint density at radius 3 is 2.79 bits per heavy atom. The molecule has 1 aromatic carbocycles. The van der Waals surface area contributed by atoms with E-state index in [-0.39, 0.29) is 0 Å². The fraction of sp³-hybridized carbons (Fsp3) is 0.500. The molecule has 0 unspecified atom stereocenters. The van der Waals surface area contributed by atoms with Gasteiger partial charge in [-0.3, -0.25) is 0 Å². The van der Waals surface area contributed by atoms with Crippen molar-refractivity contribution in [2.45, 2.75) is 25.8 Å². The zero-order valence-electron chi connectivity index (χ0n) is 11.3. The first-order valence-corrected chi connectivity index (χ1v) is 6.61. The van der Waals surface area contributed by atoms with Crippen molar-refractivity contribution in [2.24, 2.45) is 0 Å². The maximum atomic E-state index is 8.45. The van der Waals surface area contributed by atoms with Gasteiger partial charge < -0.3 is 14.8 Å². The highest BCUT2D eigenvalue weighted by molar-refractivity contribution is 6.32. The van der Waals surface area contributed by atoms with Crippen molar-refractivity contribution in [1.82, 2.24) is 5.32 Å². The first-order chi connectivity index (χ1) is 9.22. The molecule has 1 N–H and O–H groups in total. The highest BCUT2D eigenvalue weighted by atomic mass is 35.5. The van der Waals surface area contributed by atoms with Crippen molar-refractivity contribution in [3.63, 3.8) is 0 Å². The number of rotatable bonds is 8. The first-order valence-electron chi connectivity index (χ1n) is 6.23. The van der Waals surface area contributed by atoms with Gasteiger partial charge in [-0.15, -0.1) is 0 Å². The molecule has 0 fully saturated rings. The second kappa shape index (κ2) is 8.63. The lowest BCUT2D eigenvalue weighted by Gasteiger charge is -2.14. The molecule has 0 aliphatic heterocycles. The molecule has 104 valence electrons. The van der Waals surface area contributed by atoms with E-state index in [0.29, 0.717) is 29.5 Å². The van der Waals surface area contributed by atoms with E-state index in [0.717, 1.165) is 24.9 Å². The molecule has 1 aromatic rings. The Hall–Kier alpha value is -1.44. The van der Waals surface area contributed by atoms with Crippen molar-refractivity contribution >= 4 is 11.6 Å². The number of nitriles is 1. The number of methoxy groups -OCH3 is 1. The summed E-state index contributed by atoms with van der Waals surface area (Å²) in [5.41, 5.74) is 1.04. The predicted molar refractivity (Wildman–Crippen MR) is 75.7 cm³/mol. The van der Waals surface area contributed by atoms with Crippen molar-refractivity contribution in [3.8, 4) is 17.6 Å². The maximum absolute atomic E-state index is 8.45. The summed E-state index contributed by atoms with van der Waals surface area (Å²) >= 11 is 6.20. The highest BCUT2D eigenvalue weighted by Gasteiger charge is 2.11. The quantitative estimate of drug-likeness (QED) is 0.744. The topological polar surface area (TPSA) is 54.3 Å². The van der Waals surface area contributed by atoms with E-state index in [1.165, 1.54) is 0 Å². The summed E-state index contributed by atoms with van der Waals surface area (Å²) in [5.74, 6) is 1.21. The zero-order valence-corrected chi connectivity index (χ0v) is 12.1. The standard InChI is InChI=1S/C14H19ClN2O2/c1-17-10-11-8-12(15)14(13(9-11)18-2)19-7-5-3-4-6-16/h8-9,17H,3-5,7,10H2,1-2H3. The molecular weight excluding hydrogens is 264 g/mol. The van der Waals surface area contributed by atoms with Gasteiger partial charge in [-0.05, 0) is 37.6 Å². The van der Waals surface area contributed by atoms with Crippen LogP contribution in [0.5, 0.6) is 11.5 Å². The minimum atomic E-state index is 0.531. The van der Waals surface area contributed by atoms with Gasteiger partial charge in [0.25, 0.3) is 0 Å². The summed E-state index contributed by atoms with van der Waals surface area (Å²) in [7, 11) is 3.47. The fourth-order valence-corrected chi connectivity index (χ4v) is 1.99. The molecule has 0 spiro atoms. The molecule has 0 aliphatic carbocycles. The number of hydrogen-bond donors (Lipinski definition) is 1. The Morgan fingerprint density at radius 2 is 2.16 bits per heavy atom. The van der Waals surface area contributed by atoms with Crippen LogP contribution in [0, 0.1) is 11.3 Å². The Labute approximate surface area is 119 Å². The van der Waals surface area contributed by atoms with Gasteiger partial charge in [0.05, 0.1) is 24.8 Å². The molecule has 0 heterocycles. The third kappa shape index (κ3) is 4.98. The number of benzene rings is 1. The van der Waals surface area contributed by atoms with E-state index in [9.17, 15) is 0 Å². The summed E-state index contributed by atoms with van der Waals surface area (Å²) in [6.45, 7) is 1.25. The van der Waals surface area contributed by atoms with Crippen LogP contribution >= 0.6 is 11.6 Å². The number of hydrogen-bond acceptors (Lipinski definition) is 4. The van der Waals surface area contributed by atoms with E-state index in [2.05, 4.69) is 11.4 Å². The van der Waals surface area contributed by atoms with E-state index in [1.54, 1.807) is 7.11 Å². The largest absolute Gasteiger partial charge is 0.493 e. The smallest absolute Gasteiger partial charge is 0.179 e. The first kappa shape index (κ1) is 15.6. The van der Waals surface area contributed by atoms with Gasteiger partial charge in [-0.1, -0.05) is 11.6 Å². The molecule has 0 atom stereocenters. The van der Waals surface area contributed by atoms with Gasteiger partial charge in [0.1, 0.15) is 0 Å². The second-order valence-electron chi connectivity index (χ2n) is 4.10. The van der Waals surface area contributed by atoms with Gasteiger partial charge in [0.2, 0.25) is 0 Å². The Balaban J connectivity index is 2.68. The average Bonchev–Trinajstić information content (AvgIpc) is 2.40. The van der Waals surface area contributed by atoms with Gasteiger partial charge in [0.15, 0.2) is 11.5 Å². The van der Waals surface area contributed by atoms with Gasteiger partial charge in [-0.2, -0.15) is 5.26 Å². The van der Waals surface area contributed by atoms with Crippen molar-refractivity contribution in [2.75, 3.05) is 20.8 Å². The number of halogens is 1. The summed E-state index contributed by atoms with van der Waals surface area (Å²) < 4.78 is 11.0. The van der Waals surface area contributed by atoms with E-state index in [4.69, 9.17) is 26.3 Å². The molecule has 0 radical (unpaired) electrons. The second-order valence-corrected chi connectivity index (χ2v) is 4.51. The molecular formula is C14H19ClN2O2.